The summed E-state index contributed by atoms with van der Waals surface area (Å²) >= 11 is 3.43. The molecule has 0 bridgehead atoms. The minimum Gasteiger partial charge on any atom is -0.394 e. The maximum atomic E-state index is 13.0. The zero-order valence-electron chi connectivity index (χ0n) is 34.9. The van der Waals surface area contributed by atoms with Crippen LogP contribution in [-0.2, 0) is 19.1 Å². The van der Waals surface area contributed by atoms with E-state index in [9.17, 15) is 40.2 Å². The summed E-state index contributed by atoms with van der Waals surface area (Å²) in [5.74, 6) is -0.126. The van der Waals surface area contributed by atoms with E-state index in [2.05, 4.69) is 33.5 Å². The number of hydrogen-bond donors (Lipinski definition) is 8. The van der Waals surface area contributed by atoms with Crippen molar-refractivity contribution in [2.24, 2.45) is 0 Å². The molecule has 1 aliphatic rings. The Morgan fingerprint density at radius 1 is 0.643 bits per heavy atom. The number of alkyl halides is 1. The first-order valence-corrected chi connectivity index (χ1v) is 23.7. The van der Waals surface area contributed by atoms with Gasteiger partial charge in [0.2, 0.25) is 11.8 Å². The molecule has 0 aliphatic carbocycles. The van der Waals surface area contributed by atoms with Gasteiger partial charge in [0.15, 0.2) is 6.29 Å². The Morgan fingerprint density at radius 3 is 1.66 bits per heavy atom. The molecule has 13 heteroatoms. The van der Waals surface area contributed by atoms with Crippen molar-refractivity contribution in [3.8, 4) is 0 Å². The number of nitrogens with one attached hydrogen (secondary N) is 2. The number of carbonyl (C=O) groups excluding carboxylic acids is 2. The largest absolute Gasteiger partial charge is 0.394 e. The van der Waals surface area contributed by atoms with Gasteiger partial charge in [0.05, 0.1) is 25.4 Å². The number of hydrogen-bond acceptors (Lipinski definition) is 10. The lowest BCUT2D eigenvalue weighted by Crippen LogP contribution is -2.60. The number of rotatable bonds is 38. The first-order valence-electron chi connectivity index (χ1n) is 22.6. The summed E-state index contributed by atoms with van der Waals surface area (Å²) in [6, 6.07) is -1.01. The van der Waals surface area contributed by atoms with Crippen LogP contribution in [0.3, 0.4) is 0 Å². The highest BCUT2D eigenvalue weighted by molar-refractivity contribution is 9.09. The lowest BCUT2D eigenvalue weighted by molar-refractivity contribution is -0.303. The van der Waals surface area contributed by atoms with E-state index in [1.165, 1.54) is 57.8 Å². The van der Waals surface area contributed by atoms with E-state index in [1.807, 2.05) is 0 Å². The highest BCUT2D eigenvalue weighted by Gasteiger charge is 2.44. The Hall–Kier alpha value is -0.900. The van der Waals surface area contributed by atoms with Crippen molar-refractivity contribution in [2.75, 3.05) is 25.1 Å². The molecular weight excluding hydrogens is 784 g/mol. The third kappa shape index (κ3) is 26.3. The van der Waals surface area contributed by atoms with Gasteiger partial charge in [-0.3, -0.25) is 9.59 Å². The maximum Gasteiger partial charge on any atom is 0.220 e. The first kappa shape index (κ1) is 53.1. The number of carbonyl (C=O) groups is 2. The second-order valence-corrected chi connectivity index (χ2v) is 16.9. The van der Waals surface area contributed by atoms with Gasteiger partial charge in [-0.25, -0.2) is 0 Å². The average Bonchev–Trinajstić information content (AvgIpc) is 3.19. The third-order valence-corrected chi connectivity index (χ3v) is 11.5. The fourth-order valence-corrected chi connectivity index (χ4v) is 7.64. The van der Waals surface area contributed by atoms with E-state index in [1.54, 1.807) is 0 Å². The van der Waals surface area contributed by atoms with E-state index in [0.717, 1.165) is 108 Å². The third-order valence-electron chi connectivity index (χ3n) is 11.0. The predicted octanol–water partition coefficient (Wildman–Crippen LogP) is 6.46. The molecule has 0 saturated carbocycles. The molecule has 56 heavy (non-hydrogen) atoms. The van der Waals surface area contributed by atoms with Gasteiger partial charge in [-0.2, -0.15) is 0 Å². The van der Waals surface area contributed by atoms with Crippen LogP contribution < -0.4 is 10.6 Å². The first-order chi connectivity index (χ1) is 27.2. The van der Waals surface area contributed by atoms with Gasteiger partial charge in [-0.1, -0.05) is 158 Å². The van der Waals surface area contributed by atoms with Crippen molar-refractivity contribution in [1.29, 1.82) is 0 Å². The molecule has 0 aromatic heterocycles. The van der Waals surface area contributed by atoms with E-state index in [0.29, 0.717) is 19.3 Å². The molecule has 0 radical (unpaired) electrons. The topological polar surface area (TPSA) is 198 Å². The standard InChI is InChI=1S/C43H83BrN2O10/c1-2-3-4-5-6-7-8-9-11-14-17-22-27-35(48)39(51)34(33-55-43-42(54)41(53)40(52)36(32-47)56-43)46-38(50)29-24-18-15-12-10-13-16-21-26-31-45-37(49)28-23-19-20-25-30-44/h34-36,39-43,47-48,51-54H,2-33H2,1H3,(H,45,49)(H,46,50)/t34-,35+,36?,39-,40-,41-,42?,43-/m0/s1. The molecule has 2 amide bonds. The fraction of sp³-hybridized carbons (Fsp3) is 0.953. The Labute approximate surface area is 347 Å². The Kier molecular flexibility index (Phi) is 34.1. The number of ether oxygens (including phenoxy) is 2. The second-order valence-electron chi connectivity index (χ2n) is 16.1. The summed E-state index contributed by atoms with van der Waals surface area (Å²) in [6.45, 7) is 2.05. The highest BCUT2D eigenvalue weighted by atomic mass is 79.9. The molecule has 8 atom stereocenters. The number of halogens is 1. The quantitative estimate of drug-likeness (QED) is 0.0252. The lowest BCUT2D eigenvalue weighted by atomic mass is 9.98. The van der Waals surface area contributed by atoms with Gasteiger partial charge in [0, 0.05) is 24.7 Å². The summed E-state index contributed by atoms with van der Waals surface area (Å²) in [7, 11) is 0. The minimum absolute atomic E-state index is 0.160. The molecule has 0 aromatic carbocycles. The average molecular weight is 868 g/mol. The molecule has 8 N–H and O–H groups in total. The van der Waals surface area contributed by atoms with Crippen LogP contribution in [0.4, 0.5) is 0 Å². The van der Waals surface area contributed by atoms with Crippen LogP contribution in [0.2, 0.25) is 0 Å². The molecule has 1 heterocycles. The molecule has 2 unspecified atom stereocenters. The zero-order chi connectivity index (χ0) is 41.2. The monoisotopic (exact) mass is 867 g/mol. The molecular formula is C43H83BrN2O10. The lowest BCUT2D eigenvalue weighted by Gasteiger charge is -2.40. The van der Waals surface area contributed by atoms with E-state index in [-0.39, 0.29) is 24.8 Å². The van der Waals surface area contributed by atoms with Crippen LogP contribution in [0.1, 0.15) is 187 Å². The van der Waals surface area contributed by atoms with Crippen LogP contribution in [-0.4, -0.2) is 116 Å². The van der Waals surface area contributed by atoms with Crippen LogP contribution in [0, 0.1) is 0 Å². The van der Waals surface area contributed by atoms with Gasteiger partial charge >= 0.3 is 0 Å². The van der Waals surface area contributed by atoms with Gasteiger partial charge in [-0.15, -0.1) is 0 Å². The Bertz CT molecular complexity index is 935. The predicted molar refractivity (Wildman–Crippen MR) is 225 cm³/mol. The highest BCUT2D eigenvalue weighted by Crippen LogP contribution is 2.23. The Morgan fingerprint density at radius 2 is 1.12 bits per heavy atom. The smallest absolute Gasteiger partial charge is 0.220 e. The SMILES string of the molecule is CCCCCCCCCCCCCC[C@@H](O)[C@@H](O)[C@H](CO[C@H]1OC(CO)[C@H](O)[C@H](O)C1O)NC(=O)CCCCCCCCCCCNC(=O)CCCCCCBr. The summed E-state index contributed by atoms with van der Waals surface area (Å²) < 4.78 is 11.1. The number of amides is 2. The molecule has 0 spiro atoms. The Balaban J connectivity index is 2.38. The molecule has 12 nitrogen and oxygen atoms in total. The van der Waals surface area contributed by atoms with Gasteiger partial charge in [-0.05, 0) is 32.1 Å². The molecule has 1 rings (SSSR count). The molecule has 1 fully saturated rings. The van der Waals surface area contributed by atoms with Crippen LogP contribution >= 0.6 is 15.9 Å². The van der Waals surface area contributed by atoms with Crippen molar-refractivity contribution in [2.45, 2.75) is 236 Å². The van der Waals surface area contributed by atoms with Crippen LogP contribution in [0.25, 0.3) is 0 Å². The van der Waals surface area contributed by atoms with Crippen LogP contribution in [0.15, 0.2) is 0 Å². The molecule has 1 aliphatic heterocycles. The van der Waals surface area contributed by atoms with E-state index in [4.69, 9.17) is 9.47 Å². The summed E-state index contributed by atoms with van der Waals surface area (Å²) in [5, 5.41) is 69.1. The number of unbranched alkanes of at least 4 members (excludes halogenated alkanes) is 22. The summed E-state index contributed by atoms with van der Waals surface area (Å²) in [4.78, 5) is 24.9. The normalized spacial score (nSPS) is 21.5. The zero-order valence-corrected chi connectivity index (χ0v) is 36.5. The van der Waals surface area contributed by atoms with Crippen molar-refractivity contribution < 1.29 is 49.7 Å². The summed E-state index contributed by atoms with van der Waals surface area (Å²) in [5.41, 5.74) is 0. The fourth-order valence-electron chi connectivity index (χ4n) is 7.24. The van der Waals surface area contributed by atoms with Gasteiger partial charge in [0.1, 0.15) is 30.5 Å². The van der Waals surface area contributed by atoms with E-state index >= 15 is 0 Å². The van der Waals surface area contributed by atoms with Crippen molar-refractivity contribution in [3.63, 3.8) is 0 Å². The van der Waals surface area contributed by atoms with E-state index < -0.39 is 55.6 Å². The van der Waals surface area contributed by atoms with Crippen LogP contribution in [0.5, 0.6) is 0 Å². The maximum absolute atomic E-state index is 13.0. The second kappa shape index (κ2) is 36.0. The molecule has 0 aromatic rings. The van der Waals surface area contributed by atoms with Crippen molar-refractivity contribution >= 4 is 27.7 Å². The molecule has 1 saturated heterocycles. The number of aliphatic hydroxyl groups excluding tert-OH is 6. The minimum atomic E-state index is -1.62. The van der Waals surface area contributed by atoms with Gasteiger partial charge in [0.25, 0.3) is 0 Å². The van der Waals surface area contributed by atoms with Gasteiger partial charge < -0.3 is 50.7 Å². The van der Waals surface area contributed by atoms with Crippen molar-refractivity contribution in [3.05, 3.63) is 0 Å². The summed E-state index contributed by atoms with van der Waals surface area (Å²) in [6.07, 6.45) is 19.3. The number of aliphatic hydroxyl groups is 6. The van der Waals surface area contributed by atoms with Crippen molar-refractivity contribution in [1.82, 2.24) is 10.6 Å². The molecule has 332 valence electrons.